The van der Waals surface area contributed by atoms with E-state index in [0.29, 0.717) is 20.1 Å². The van der Waals surface area contributed by atoms with Crippen LogP contribution in [0.25, 0.3) is 0 Å². The van der Waals surface area contributed by atoms with Crippen LogP contribution >= 0.6 is 63.7 Å². The van der Waals surface area contributed by atoms with Crippen LogP contribution in [0.5, 0.6) is 11.5 Å². The molecule has 0 unspecified atom stereocenters. The minimum Gasteiger partial charge on any atom is -0.506 e. The molecule has 0 atom stereocenters. The van der Waals surface area contributed by atoms with E-state index in [2.05, 4.69) is 63.7 Å². The number of benzene rings is 3. The summed E-state index contributed by atoms with van der Waals surface area (Å²) in [5, 5.41) is 33.0. The summed E-state index contributed by atoms with van der Waals surface area (Å²) in [4.78, 5) is -0.484. The van der Waals surface area contributed by atoms with Crippen molar-refractivity contribution in [3.05, 3.63) is 82.1 Å². The number of phenols is 2. The smallest absolute Gasteiger partial charge is 0.294 e. The van der Waals surface area contributed by atoms with E-state index in [-0.39, 0.29) is 66.7 Å². The van der Waals surface area contributed by atoms with Crippen LogP contribution in [0.4, 0.5) is 0 Å². The number of rotatable bonds is 4. The summed E-state index contributed by atoms with van der Waals surface area (Å²) in [6.45, 7) is 3.29. The van der Waals surface area contributed by atoms with Crippen molar-refractivity contribution in [2.75, 3.05) is 0 Å². The molecule has 4 N–H and O–H groups in total. The first kappa shape index (κ1) is 29.3. The molecule has 12 heteroatoms. The Hall–Kier alpha value is 0.0500. The molecular formula is C21H16Br4NaO6S. The van der Waals surface area contributed by atoms with Crippen molar-refractivity contribution >= 4 is 103 Å². The quantitative estimate of drug-likeness (QED) is 0.150. The largest absolute Gasteiger partial charge is 0.506 e. The van der Waals surface area contributed by atoms with Gasteiger partial charge in [0.05, 0.1) is 17.9 Å². The number of aliphatic hydroxyl groups is 1. The first-order chi connectivity index (χ1) is 14.7. The van der Waals surface area contributed by atoms with E-state index < -0.39 is 20.6 Å². The van der Waals surface area contributed by atoms with E-state index in [1.54, 1.807) is 13.8 Å². The van der Waals surface area contributed by atoms with E-state index in [9.17, 15) is 28.3 Å². The van der Waals surface area contributed by atoms with E-state index in [0.717, 1.165) is 0 Å². The van der Waals surface area contributed by atoms with Crippen LogP contribution in [0, 0.1) is 13.8 Å². The molecule has 0 saturated heterocycles. The van der Waals surface area contributed by atoms with Gasteiger partial charge < -0.3 is 15.3 Å². The second kappa shape index (κ2) is 10.6. The van der Waals surface area contributed by atoms with Gasteiger partial charge in [0.1, 0.15) is 22.0 Å². The summed E-state index contributed by atoms with van der Waals surface area (Å²) in [7, 11) is -4.72. The molecule has 0 amide bonds. The second-order valence-corrected chi connectivity index (χ2v) is 11.8. The van der Waals surface area contributed by atoms with Gasteiger partial charge in [-0.15, -0.1) is 0 Å². The summed E-state index contributed by atoms with van der Waals surface area (Å²) in [6.07, 6.45) is 0. The molecule has 33 heavy (non-hydrogen) atoms. The Labute approximate surface area is 247 Å². The topological polar surface area (TPSA) is 115 Å². The normalized spacial score (nSPS) is 11.9. The zero-order valence-corrected chi connectivity index (χ0v) is 26.7. The number of phenolic OH excluding ortho intramolecular Hbond substituents is 2. The Morgan fingerprint density at radius 3 is 1.58 bits per heavy atom. The van der Waals surface area contributed by atoms with Gasteiger partial charge >= 0.3 is 0 Å². The van der Waals surface area contributed by atoms with Crippen molar-refractivity contribution in [1.82, 2.24) is 0 Å². The Morgan fingerprint density at radius 2 is 1.18 bits per heavy atom. The fraction of sp³-hybridized carbons (Fsp3) is 0.143. The molecule has 3 rings (SSSR count). The number of aromatic hydroxyl groups is 2. The maximum Gasteiger partial charge on any atom is 0.294 e. The molecule has 0 spiro atoms. The van der Waals surface area contributed by atoms with E-state index >= 15 is 0 Å². The maximum absolute atomic E-state index is 12.4. The number of hydrogen-bond acceptors (Lipinski definition) is 5. The zero-order chi connectivity index (χ0) is 24.2. The van der Waals surface area contributed by atoms with Gasteiger partial charge in [-0.2, -0.15) is 8.42 Å². The van der Waals surface area contributed by atoms with Gasteiger partial charge in [-0.3, -0.25) is 4.55 Å². The summed E-state index contributed by atoms with van der Waals surface area (Å²) in [5.41, 5.74) is -0.910. The van der Waals surface area contributed by atoms with Gasteiger partial charge in [-0.25, -0.2) is 0 Å². The van der Waals surface area contributed by atoms with Crippen molar-refractivity contribution < 1.29 is 28.3 Å². The predicted octanol–water partition coefficient (Wildman–Crippen LogP) is 5.91. The van der Waals surface area contributed by atoms with Crippen LogP contribution in [0.2, 0.25) is 0 Å². The average Bonchev–Trinajstić information content (AvgIpc) is 2.74. The van der Waals surface area contributed by atoms with Gasteiger partial charge in [0.15, 0.2) is 0 Å². The number of halogens is 4. The Morgan fingerprint density at radius 1 is 0.788 bits per heavy atom. The molecule has 1 radical (unpaired) electrons. The van der Waals surface area contributed by atoms with Crippen molar-refractivity contribution in [2.45, 2.75) is 24.3 Å². The Kier molecular flexibility index (Phi) is 9.39. The monoisotopic (exact) mass is 735 g/mol. The van der Waals surface area contributed by atoms with Crippen molar-refractivity contribution in [1.29, 1.82) is 0 Å². The molecule has 0 aliphatic carbocycles. The molecule has 0 aliphatic heterocycles. The summed E-state index contributed by atoms with van der Waals surface area (Å²) in [6, 6.07) is 8.50. The fourth-order valence-electron chi connectivity index (χ4n) is 3.59. The third-order valence-corrected chi connectivity index (χ3v) is 9.27. The third kappa shape index (κ3) is 5.14. The van der Waals surface area contributed by atoms with Gasteiger partial charge in [0.25, 0.3) is 10.1 Å². The first-order valence-corrected chi connectivity index (χ1v) is 13.5. The van der Waals surface area contributed by atoms with Gasteiger partial charge in [0, 0.05) is 35.1 Å². The summed E-state index contributed by atoms with van der Waals surface area (Å²) < 4.78 is 35.5. The molecule has 3 aromatic carbocycles. The summed E-state index contributed by atoms with van der Waals surface area (Å²) in [5.74, 6) is -0.192. The third-order valence-electron chi connectivity index (χ3n) is 5.21. The zero-order valence-electron chi connectivity index (χ0n) is 17.5. The van der Waals surface area contributed by atoms with E-state index in [1.807, 2.05) is 0 Å². The van der Waals surface area contributed by atoms with Crippen LogP contribution in [0.1, 0.15) is 27.8 Å². The van der Waals surface area contributed by atoms with Gasteiger partial charge in [-0.05, 0) is 118 Å². The molecule has 6 nitrogen and oxygen atoms in total. The molecule has 0 bridgehead atoms. The van der Waals surface area contributed by atoms with Crippen LogP contribution in [0.15, 0.2) is 59.2 Å². The van der Waals surface area contributed by atoms with Crippen molar-refractivity contribution in [3.63, 3.8) is 0 Å². The maximum atomic E-state index is 12.4. The van der Waals surface area contributed by atoms with Crippen molar-refractivity contribution in [3.8, 4) is 11.5 Å². The SMILES string of the molecule is Cc1c(C(O)(c2ccccc2S(=O)(=O)O)c2cc(Br)c(O)c(Br)c2C)cc(Br)c(O)c1Br.[Na]. The van der Waals surface area contributed by atoms with Crippen molar-refractivity contribution in [2.24, 2.45) is 0 Å². The molecule has 0 aliphatic rings. The van der Waals surface area contributed by atoms with Gasteiger partial charge in [-0.1, -0.05) is 18.2 Å². The molecule has 0 heterocycles. The van der Waals surface area contributed by atoms with Crippen LogP contribution in [-0.4, -0.2) is 57.8 Å². The number of hydrogen-bond donors (Lipinski definition) is 4. The van der Waals surface area contributed by atoms with Crippen LogP contribution < -0.4 is 0 Å². The fourth-order valence-corrected chi connectivity index (χ4v) is 6.57. The molecule has 0 saturated carbocycles. The molecule has 0 aromatic heterocycles. The summed E-state index contributed by atoms with van der Waals surface area (Å²) >= 11 is 13.2. The average molecular weight is 739 g/mol. The standard InChI is InChI=1S/C21H16Br4O6S.Na/c1-9-12(7-14(22)19(26)17(9)24)21(28,11-5-3-4-6-16(11)32(29,30)31)13-8-15(23)20(27)18(25)10(13)2;/h3-8,26-28H,1-2H3,(H,29,30,31);. The second-order valence-electron chi connectivity index (χ2n) is 7.07. The minimum absolute atomic E-state index is 0. The molecule has 0 fully saturated rings. The Bertz CT molecular complexity index is 1300. The first-order valence-electron chi connectivity index (χ1n) is 8.88. The predicted molar refractivity (Wildman–Crippen MR) is 141 cm³/mol. The van der Waals surface area contributed by atoms with Crippen LogP contribution in [-0.2, 0) is 15.7 Å². The molecular weight excluding hydrogens is 723 g/mol. The van der Waals surface area contributed by atoms with E-state index in [1.165, 1.54) is 36.4 Å². The van der Waals surface area contributed by atoms with E-state index in [4.69, 9.17) is 0 Å². The van der Waals surface area contributed by atoms with Crippen LogP contribution in [0.3, 0.4) is 0 Å². The van der Waals surface area contributed by atoms with Gasteiger partial charge in [0.2, 0.25) is 0 Å². The minimum atomic E-state index is -4.72. The molecule has 171 valence electrons. The Balaban J connectivity index is 0.00000385. The molecule has 3 aromatic rings.